The van der Waals surface area contributed by atoms with Gasteiger partial charge in [-0.25, -0.2) is 0 Å². The minimum Gasteiger partial charge on any atom is -0.497 e. The average molecular weight is 468 g/mol. The molecule has 5 heteroatoms. The van der Waals surface area contributed by atoms with Gasteiger partial charge in [-0.05, 0) is 73.7 Å². The molecule has 2 aliphatic rings. The van der Waals surface area contributed by atoms with E-state index in [2.05, 4.69) is 77.9 Å². The van der Waals surface area contributed by atoms with Crippen molar-refractivity contribution < 1.29 is 9.53 Å². The molecule has 0 saturated carbocycles. The van der Waals surface area contributed by atoms with Crippen LogP contribution in [-0.4, -0.2) is 26.0 Å². The number of ketones is 1. The number of benzene rings is 3. The average Bonchev–Trinajstić information content (AvgIpc) is 3.07. The van der Waals surface area contributed by atoms with Crippen LogP contribution in [0.5, 0.6) is 5.75 Å². The number of fused-ring (bicyclic) bond motifs is 1. The lowest BCUT2D eigenvalue weighted by molar-refractivity contribution is -0.116. The summed E-state index contributed by atoms with van der Waals surface area (Å²) in [7, 11) is 1.68. The van der Waals surface area contributed by atoms with Crippen LogP contribution in [0.2, 0.25) is 0 Å². The summed E-state index contributed by atoms with van der Waals surface area (Å²) < 4.78 is 5.44. The van der Waals surface area contributed by atoms with Gasteiger partial charge in [0.25, 0.3) is 0 Å². The first kappa shape index (κ1) is 23.0. The number of allylic oxidation sites excluding steroid dienone is 1. The van der Waals surface area contributed by atoms with Crippen LogP contribution in [0, 0.1) is 0 Å². The normalized spacial score (nSPS) is 19.1. The monoisotopic (exact) mass is 467 g/mol. The Bertz CT molecular complexity index is 1240. The maximum Gasteiger partial charge on any atom is 0.163 e. The van der Waals surface area contributed by atoms with Gasteiger partial charge in [-0.3, -0.25) is 4.79 Å². The summed E-state index contributed by atoms with van der Waals surface area (Å²) in [5.41, 5.74) is 7.29. The quantitative estimate of drug-likeness (QED) is 0.432. The molecule has 3 aromatic carbocycles. The molecule has 1 heterocycles. The molecule has 1 aliphatic heterocycles. The second-order valence-corrected chi connectivity index (χ2v) is 9.21. The first-order valence-electron chi connectivity index (χ1n) is 12.5. The number of carbonyl (C=O) groups is 1. The molecule has 5 nitrogen and oxygen atoms in total. The number of hydrogen-bond acceptors (Lipinski definition) is 5. The summed E-state index contributed by atoms with van der Waals surface area (Å²) in [5, 5.41) is 7.30. The first-order chi connectivity index (χ1) is 17.1. The van der Waals surface area contributed by atoms with Gasteiger partial charge in [0.05, 0.1) is 24.5 Å². The van der Waals surface area contributed by atoms with Gasteiger partial charge in [0.1, 0.15) is 5.75 Å². The molecule has 5 rings (SSSR count). The molecule has 2 atom stereocenters. The molecule has 0 amide bonds. The van der Waals surface area contributed by atoms with Crippen molar-refractivity contribution in [1.82, 2.24) is 0 Å². The highest BCUT2D eigenvalue weighted by Crippen LogP contribution is 2.44. The molecule has 0 fully saturated rings. The maximum absolute atomic E-state index is 13.7. The van der Waals surface area contributed by atoms with E-state index in [1.807, 2.05) is 24.3 Å². The van der Waals surface area contributed by atoms with Crippen molar-refractivity contribution in [2.24, 2.45) is 0 Å². The fraction of sp³-hybridized carbons (Fsp3) is 0.300. The van der Waals surface area contributed by atoms with Crippen molar-refractivity contribution in [1.29, 1.82) is 0 Å². The zero-order valence-electron chi connectivity index (χ0n) is 20.7. The number of hydrogen-bond donors (Lipinski definition) is 2. The molecule has 0 unspecified atom stereocenters. The summed E-state index contributed by atoms with van der Waals surface area (Å²) in [6.07, 6.45) is 1.26. The van der Waals surface area contributed by atoms with Gasteiger partial charge in [-0.15, -0.1) is 0 Å². The van der Waals surface area contributed by atoms with Gasteiger partial charge >= 0.3 is 0 Å². The largest absolute Gasteiger partial charge is 0.497 e. The summed E-state index contributed by atoms with van der Waals surface area (Å²) >= 11 is 0. The van der Waals surface area contributed by atoms with Crippen LogP contribution in [0.4, 0.5) is 17.1 Å². The predicted molar refractivity (Wildman–Crippen MR) is 143 cm³/mol. The lowest BCUT2D eigenvalue weighted by atomic mass is 9.78. The lowest BCUT2D eigenvalue weighted by Crippen LogP contribution is -2.27. The van der Waals surface area contributed by atoms with Gasteiger partial charge in [0, 0.05) is 36.5 Å². The van der Waals surface area contributed by atoms with Gasteiger partial charge in [0.2, 0.25) is 0 Å². The van der Waals surface area contributed by atoms with E-state index in [9.17, 15) is 4.79 Å². The smallest absolute Gasteiger partial charge is 0.163 e. The van der Waals surface area contributed by atoms with Gasteiger partial charge in [0.15, 0.2) is 5.78 Å². The van der Waals surface area contributed by atoms with E-state index in [0.717, 1.165) is 59.0 Å². The highest BCUT2D eigenvalue weighted by Gasteiger charge is 2.36. The lowest BCUT2D eigenvalue weighted by Gasteiger charge is -2.30. The third kappa shape index (κ3) is 4.51. The van der Waals surface area contributed by atoms with E-state index in [0.29, 0.717) is 6.42 Å². The Morgan fingerprint density at radius 1 is 0.886 bits per heavy atom. The van der Waals surface area contributed by atoms with Gasteiger partial charge < -0.3 is 20.3 Å². The van der Waals surface area contributed by atoms with Crippen LogP contribution in [-0.2, 0) is 4.79 Å². The number of carbonyl (C=O) groups excluding carboxylic acids is 1. The van der Waals surface area contributed by atoms with Gasteiger partial charge in [-0.2, -0.15) is 0 Å². The van der Waals surface area contributed by atoms with Crippen molar-refractivity contribution in [3.05, 3.63) is 95.2 Å². The number of rotatable bonds is 6. The number of para-hydroxylation sites is 2. The van der Waals surface area contributed by atoms with Gasteiger partial charge in [-0.1, -0.05) is 36.4 Å². The number of methoxy groups -OCH3 is 1. The highest BCUT2D eigenvalue weighted by molar-refractivity contribution is 6.01. The van der Waals surface area contributed by atoms with Crippen molar-refractivity contribution in [2.45, 2.75) is 38.6 Å². The topological polar surface area (TPSA) is 53.6 Å². The first-order valence-corrected chi connectivity index (χ1v) is 12.5. The minimum absolute atomic E-state index is 0.111. The third-order valence-corrected chi connectivity index (χ3v) is 7.23. The molecule has 0 radical (unpaired) electrons. The fourth-order valence-corrected chi connectivity index (χ4v) is 5.34. The summed E-state index contributed by atoms with van der Waals surface area (Å²) in [5.74, 6) is 1.12. The van der Waals surface area contributed by atoms with Crippen LogP contribution in [0.25, 0.3) is 0 Å². The Kier molecular flexibility index (Phi) is 6.49. The summed E-state index contributed by atoms with van der Waals surface area (Å²) in [6, 6.07) is 24.7. The molecular formula is C30H33N3O2. The second kappa shape index (κ2) is 9.87. The Morgan fingerprint density at radius 2 is 1.63 bits per heavy atom. The van der Waals surface area contributed by atoms with Crippen molar-refractivity contribution >= 4 is 22.8 Å². The third-order valence-electron chi connectivity index (χ3n) is 7.23. The van der Waals surface area contributed by atoms with Crippen LogP contribution >= 0.6 is 0 Å². The van der Waals surface area contributed by atoms with E-state index >= 15 is 0 Å². The van der Waals surface area contributed by atoms with Crippen molar-refractivity contribution in [3.8, 4) is 5.75 Å². The number of nitrogens with zero attached hydrogens (tertiary/aromatic N) is 1. The highest BCUT2D eigenvalue weighted by atomic mass is 16.5. The Balaban J connectivity index is 1.55. The van der Waals surface area contributed by atoms with E-state index < -0.39 is 0 Å². The SMILES string of the molecule is CCN(CC)c1ccc([C@@H]2Nc3ccccc3NC3=C2C(=O)C[C@@H](c2cccc(OC)c2)C3)cc1. The Labute approximate surface area is 207 Å². The molecule has 0 aromatic heterocycles. The molecule has 3 aromatic rings. The molecule has 0 bridgehead atoms. The number of nitrogens with one attached hydrogen (secondary N) is 2. The minimum atomic E-state index is -0.203. The predicted octanol–water partition coefficient (Wildman–Crippen LogP) is 6.52. The number of ether oxygens (including phenoxy) is 1. The van der Waals surface area contributed by atoms with E-state index in [4.69, 9.17) is 4.74 Å². The summed E-state index contributed by atoms with van der Waals surface area (Å²) in [4.78, 5) is 16.1. The Hall–Kier alpha value is -3.73. The fourth-order valence-electron chi connectivity index (χ4n) is 5.34. The van der Waals surface area contributed by atoms with E-state index in [1.54, 1.807) is 7.11 Å². The van der Waals surface area contributed by atoms with Crippen molar-refractivity contribution in [3.63, 3.8) is 0 Å². The van der Waals surface area contributed by atoms with Crippen LogP contribution < -0.4 is 20.3 Å². The van der Waals surface area contributed by atoms with Crippen LogP contribution in [0.15, 0.2) is 84.1 Å². The number of Topliss-reactive ketones (excluding diaryl/α,β-unsaturated/α-hetero) is 1. The zero-order valence-corrected chi connectivity index (χ0v) is 20.7. The summed E-state index contributed by atoms with van der Waals surface area (Å²) in [6.45, 7) is 6.27. The molecule has 35 heavy (non-hydrogen) atoms. The van der Waals surface area contributed by atoms with Crippen LogP contribution in [0.1, 0.15) is 49.8 Å². The molecular weight excluding hydrogens is 434 g/mol. The number of anilines is 3. The van der Waals surface area contributed by atoms with Crippen LogP contribution in [0.3, 0.4) is 0 Å². The van der Waals surface area contributed by atoms with Crippen molar-refractivity contribution in [2.75, 3.05) is 35.7 Å². The molecule has 2 N–H and O–H groups in total. The Morgan fingerprint density at radius 3 is 2.34 bits per heavy atom. The molecule has 1 aliphatic carbocycles. The molecule has 0 spiro atoms. The van der Waals surface area contributed by atoms with E-state index in [-0.39, 0.29) is 17.7 Å². The maximum atomic E-state index is 13.7. The molecule has 0 saturated heterocycles. The standard InChI is InChI=1S/C30H33N3O2/c1-4-33(5-2)23-15-13-20(14-16-23)30-29-27(31-25-11-6-7-12-26(25)32-30)18-22(19-28(29)34)21-9-8-10-24(17-21)35-3/h6-17,22,30-32H,4-5,18-19H2,1-3H3/t22-,30-/m0/s1. The molecule has 180 valence electrons. The zero-order chi connectivity index (χ0) is 24.4. The second-order valence-electron chi connectivity index (χ2n) is 9.21. The van der Waals surface area contributed by atoms with E-state index in [1.165, 1.54) is 5.69 Å².